The molecule has 0 aliphatic heterocycles. The molecule has 0 spiro atoms. The fourth-order valence-corrected chi connectivity index (χ4v) is 5.48. The van der Waals surface area contributed by atoms with Crippen LogP contribution in [0.2, 0.25) is 5.02 Å². The molecule has 0 saturated heterocycles. The SMILES string of the molecule is COc1cc(OC)c(-c2cn3ccc(C4(NCc5ccccc5C)CCC(N)CC4)cc3n2)cc1Cl. The minimum absolute atomic E-state index is 0.146. The van der Waals surface area contributed by atoms with E-state index in [1.54, 1.807) is 20.3 Å². The normalized spacial score (nSPS) is 20.0. The van der Waals surface area contributed by atoms with Gasteiger partial charge in [-0.2, -0.15) is 0 Å². The van der Waals surface area contributed by atoms with E-state index < -0.39 is 0 Å². The molecule has 5 rings (SSSR count). The van der Waals surface area contributed by atoms with Crippen molar-refractivity contribution >= 4 is 17.2 Å². The summed E-state index contributed by atoms with van der Waals surface area (Å²) in [4.78, 5) is 4.95. The highest BCUT2D eigenvalue weighted by Crippen LogP contribution is 2.40. The van der Waals surface area contributed by atoms with E-state index in [1.807, 2.05) is 16.7 Å². The van der Waals surface area contributed by atoms with E-state index in [0.29, 0.717) is 16.5 Å². The van der Waals surface area contributed by atoms with Crippen LogP contribution in [0.4, 0.5) is 0 Å². The molecule has 2 aromatic heterocycles. The molecule has 188 valence electrons. The van der Waals surface area contributed by atoms with Crippen molar-refractivity contribution in [2.75, 3.05) is 14.2 Å². The van der Waals surface area contributed by atoms with Gasteiger partial charge in [0.15, 0.2) is 0 Å². The topological polar surface area (TPSA) is 73.8 Å². The monoisotopic (exact) mass is 504 g/mol. The first-order chi connectivity index (χ1) is 17.4. The maximum atomic E-state index is 6.43. The standard InChI is InChI=1S/C29H33ClN4O2/c1-19-6-4-5-7-20(19)17-32-29(11-8-22(31)9-12-29)21-10-13-34-18-25(33-28(34)14-21)23-15-24(30)27(36-3)16-26(23)35-2/h4-7,10,13-16,18,22,32H,8-9,11-12,17,31H2,1-3H3. The lowest BCUT2D eigenvalue weighted by molar-refractivity contribution is 0.215. The van der Waals surface area contributed by atoms with Gasteiger partial charge in [0.05, 0.1) is 24.9 Å². The summed E-state index contributed by atoms with van der Waals surface area (Å²) in [7, 11) is 3.23. The van der Waals surface area contributed by atoms with Crippen LogP contribution in [0.25, 0.3) is 16.9 Å². The van der Waals surface area contributed by atoms with Gasteiger partial charge in [0.25, 0.3) is 0 Å². The summed E-state index contributed by atoms with van der Waals surface area (Å²) < 4.78 is 13.0. The quantitative estimate of drug-likeness (QED) is 0.329. The first kappa shape index (κ1) is 24.6. The van der Waals surface area contributed by atoms with Crippen molar-refractivity contribution in [2.24, 2.45) is 5.73 Å². The molecule has 2 heterocycles. The number of nitrogens with one attached hydrogen (secondary N) is 1. The first-order valence-electron chi connectivity index (χ1n) is 12.4. The molecule has 1 fully saturated rings. The highest BCUT2D eigenvalue weighted by atomic mass is 35.5. The molecule has 0 bridgehead atoms. The van der Waals surface area contributed by atoms with E-state index in [2.05, 4.69) is 54.8 Å². The van der Waals surface area contributed by atoms with E-state index in [-0.39, 0.29) is 11.6 Å². The van der Waals surface area contributed by atoms with E-state index in [9.17, 15) is 0 Å². The van der Waals surface area contributed by atoms with Crippen molar-refractivity contribution in [2.45, 2.75) is 50.7 Å². The third kappa shape index (κ3) is 4.69. The Labute approximate surface area is 217 Å². The van der Waals surface area contributed by atoms with Crippen LogP contribution in [0.5, 0.6) is 11.5 Å². The zero-order chi connectivity index (χ0) is 25.3. The predicted molar refractivity (Wildman–Crippen MR) is 145 cm³/mol. The van der Waals surface area contributed by atoms with Gasteiger partial charge in [-0.05, 0) is 67.5 Å². The van der Waals surface area contributed by atoms with Gasteiger partial charge in [-0.1, -0.05) is 35.9 Å². The molecule has 0 unspecified atom stereocenters. The molecular formula is C29H33ClN4O2. The van der Waals surface area contributed by atoms with Gasteiger partial charge in [-0.3, -0.25) is 0 Å². The lowest BCUT2D eigenvalue weighted by Gasteiger charge is -2.41. The third-order valence-corrected chi connectivity index (χ3v) is 7.82. The Morgan fingerprint density at radius 3 is 2.56 bits per heavy atom. The molecular weight excluding hydrogens is 472 g/mol. The van der Waals surface area contributed by atoms with Gasteiger partial charge in [0.1, 0.15) is 17.1 Å². The van der Waals surface area contributed by atoms with Crippen LogP contribution >= 0.6 is 11.6 Å². The van der Waals surface area contributed by atoms with Gasteiger partial charge >= 0.3 is 0 Å². The maximum absolute atomic E-state index is 6.43. The van der Waals surface area contributed by atoms with Crippen LogP contribution < -0.4 is 20.5 Å². The summed E-state index contributed by atoms with van der Waals surface area (Å²) in [6.07, 6.45) is 8.06. The molecule has 7 heteroatoms. The molecule has 0 amide bonds. The minimum atomic E-state index is -0.146. The number of benzene rings is 2. The van der Waals surface area contributed by atoms with Crippen molar-refractivity contribution in [3.05, 3.63) is 82.6 Å². The predicted octanol–water partition coefficient (Wildman–Crippen LogP) is 5.87. The largest absolute Gasteiger partial charge is 0.496 e. The number of hydrogen-bond donors (Lipinski definition) is 2. The van der Waals surface area contributed by atoms with Crippen molar-refractivity contribution in [3.63, 3.8) is 0 Å². The van der Waals surface area contributed by atoms with E-state index in [4.69, 9.17) is 31.8 Å². The molecule has 3 N–H and O–H groups in total. The summed E-state index contributed by atoms with van der Waals surface area (Å²) in [5.41, 5.74) is 12.5. The summed E-state index contributed by atoms with van der Waals surface area (Å²) in [6, 6.07) is 16.8. The summed E-state index contributed by atoms with van der Waals surface area (Å²) in [6.45, 7) is 2.98. The molecule has 4 aromatic rings. The van der Waals surface area contributed by atoms with E-state index in [1.165, 1.54) is 16.7 Å². The lowest BCUT2D eigenvalue weighted by Crippen LogP contribution is -2.47. The molecule has 1 aliphatic carbocycles. The zero-order valence-electron chi connectivity index (χ0n) is 21.1. The number of imidazole rings is 1. The molecule has 6 nitrogen and oxygen atoms in total. The van der Waals surface area contributed by atoms with E-state index in [0.717, 1.165) is 49.1 Å². The Hall–Kier alpha value is -3.06. The number of pyridine rings is 1. The average molecular weight is 505 g/mol. The second kappa shape index (κ2) is 10.1. The van der Waals surface area contributed by atoms with Crippen LogP contribution in [0.1, 0.15) is 42.4 Å². The van der Waals surface area contributed by atoms with Gasteiger partial charge in [-0.15, -0.1) is 0 Å². The van der Waals surface area contributed by atoms with Gasteiger partial charge in [-0.25, -0.2) is 4.98 Å². The number of methoxy groups -OCH3 is 2. The maximum Gasteiger partial charge on any atom is 0.141 e. The van der Waals surface area contributed by atoms with Gasteiger partial charge < -0.3 is 24.9 Å². The Morgan fingerprint density at radius 2 is 1.83 bits per heavy atom. The summed E-state index contributed by atoms with van der Waals surface area (Å²) in [5, 5.41) is 4.44. The summed E-state index contributed by atoms with van der Waals surface area (Å²) >= 11 is 6.43. The first-order valence-corrected chi connectivity index (χ1v) is 12.8. The Balaban J connectivity index is 1.51. The number of rotatable bonds is 7. The number of halogens is 1. The Kier molecular flexibility index (Phi) is 6.93. The van der Waals surface area contributed by atoms with Crippen molar-refractivity contribution < 1.29 is 9.47 Å². The smallest absolute Gasteiger partial charge is 0.141 e. The number of ether oxygens (including phenoxy) is 2. The summed E-state index contributed by atoms with van der Waals surface area (Å²) in [5.74, 6) is 1.23. The van der Waals surface area contributed by atoms with Crippen LogP contribution in [0, 0.1) is 6.92 Å². The number of aromatic nitrogens is 2. The second-order valence-corrected chi connectivity index (χ2v) is 10.1. The highest BCUT2D eigenvalue weighted by Gasteiger charge is 2.36. The van der Waals surface area contributed by atoms with Gasteiger partial charge in [0, 0.05) is 42.1 Å². The lowest BCUT2D eigenvalue weighted by atomic mass is 9.75. The fourth-order valence-electron chi connectivity index (χ4n) is 5.24. The van der Waals surface area contributed by atoms with Crippen LogP contribution in [0.15, 0.2) is 60.9 Å². The number of aryl methyl sites for hydroxylation is 1. The number of nitrogens with two attached hydrogens (primary N) is 1. The average Bonchev–Trinajstić information content (AvgIpc) is 3.32. The van der Waals surface area contributed by atoms with Crippen LogP contribution in [0.3, 0.4) is 0 Å². The molecule has 2 aromatic carbocycles. The molecule has 0 radical (unpaired) electrons. The van der Waals surface area contributed by atoms with Crippen molar-refractivity contribution in [3.8, 4) is 22.8 Å². The van der Waals surface area contributed by atoms with Crippen molar-refractivity contribution in [1.82, 2.24) is 14.7 Å². The number of hydrogen-bond acceptors (Lipinski definition) is 5. The van der Waals surface area contributed by atoms with E-state index >= 15 is 0 Å². The van der Waals surface area contributed by atoms with Crippen LogP contribution in [-0.4, -0.2) is 29.6 Å². The van der Waals surface area contributed by atoms with Crippen LogP contribution in [-0.2, 0) is 12.1 Å². The molecule has 36 heavy (non-hydrogen) atoms. The minimum Gasteiger partial charge on any atom is -0.496 e. The highest BCUT2D eigenvalue weighted by molar-refractivity contribution is 6.32. The Bertz CT molecular complexity index is 1380. The molecule has 1 saturated carbocycles. The Morgan fingerprint density at radius 1 is 1.08 bits per heavy atom. The third-order valence-electron chi connectivity index (χ3n) is 7.52. The molecule has 1 aliphatic rings. The zero-order valence-corrected chi connectivity index (χ0v) is 21.8. The number of nitrogens with zero attached hydrogens (tertiary/aromatic N) is 2. The van der Waals surface area contributed by atoms with Gasteiger partial charge in [0.2, 0.25) is 0 Å². The van der Waals surface area contributed by atoms with Crippen molar-refractivity contribution in [1.29, 1.82) is 0 Å². The fraction of sp³-hybridized carbons (Fsp3) is 0.345. The second-order valence-electron chi connectivity index (χ2n) is 9.69. The number of fused-ring (bicyclic) bond motifs is 1. The molecule has 0 atom stereocenters.